The van der Waals surface area contributed by atoms with E-state index in [1.54, 1.807) is 6.07 Å². The third-order valence-corrected chi connectivity index (χ3v) is 4.20. The fourth-order valence-electron chi connectivity index (χ4n) is 1.18. The van der Waals surface area contributed by atoms with Gasteiger partial charge in [-0.3, -0.25) is 10.6 Å². The quantitative estimate of drug-likeness (QED) is 0.456. The van der Waals surface area contributed by atoms with Gasteiger partial charge >= 0.3 is 0 Å². The number of carbonyl (C=O) groups is 1. The fourth-order valence-corrected chi connectivity index (χ4v) is 1.91. The van der Waals surface area contributed by atoms with Crippen molar-refractivity contribution >= 4 is 21.6 Å². The Morgan fingerprint density at radius 3 is 2.58 bits per heavy atom. The van der Waals surface area contributed by atoms with Crippen molar-refractivity contribution in [2.45, 2.75) is 0 Å². The SMILES string of the molecule is CN(C)S(=O)(=O)CCNC(=O)c1ccc(NN)cn1. The molecule has 0 aliphatic carbocycles. The number of anilines is 1. The molecule has 0 atom stereocenters. The average Bonchev–Trinajstić information content (AvgIpc) is 2.38. The molecule has 0 aliphatic rings. The minimum atomic E-state index is -3.32. The van der Waals surface area contributed by atoms with E-state index < -0.39 is 15.9 Å². The van der Waals surface area contributed by atoms with Crippen molar-refractivity contribution in [2.75, 3.05) is 31.8 Å². The number of rotatable bonds is 6. The molecule has 4 N–H and O–H groups in total. The lowest BCUT2D eigenvalue weighted by Gasteiger charge is -2.11. The Morgan fingerprint density at radius 2 is 2.11 bits per heavy atom. The molecule has 0 radical (unpaired) electrons. The number of pyridine rings is 1. The van der Waals surface area contributed by atoms with Gasteiger partial charge in [0, 0.05) is 20.6 Å². The first-order valence-corrected chi connectivity index (χ1v) is 7.09. The number of aromatic nitrogens is 1. The zero-order valence-electron chi connectivity index (χ0n) is 10.8. The first-order valence-electron chi connectivity index (χ1n) is 5.48. The number of nitrogens with zero attached hydrogens (tertiary/aromatic N) is 2. The molecule has 1 aromatic heterocycles. The molecule has 1 rings (SSSR count). The van der Waals surface area contributed by atoms with Gasteiger partial charge in [0.25, 0.3) is 5.91 Å². The summed E-state index contributed by atoms with van der Waals surface area (Å²) in [6.07, 6.45) is 1.41. The van der Waals surface area contributed by atoms with Crippen molar-refractivity contribution in [2.24, 2.45) is 5.84 Å². The van der Waals surface area contributed by atoms with Gasteiger partial charge in [-0.05, 0) is 12.1 Å². The summed E-state index contributed by atoms with van der Waals surface area (Å²) < 4.78 is 24.0. The van der Waals surface area contributed by atoms with Crippen molar-refractivity contribution < 1.29 is 13.2 Å². The Kier molecular flexibility index (Phi) is 5.21. The number of nitrogen functional groups attached to an aromatic ring is 1. The third-order valence-electron chi connectivity index (χ3n) is 2.36. The summed E-state index contributed by atoms with van der Waals surface area (Å²) in [4.78, 5) is 15.6. The van der Waals surface area contributed by atoms with Crippen LogP contribution >= 0.6 is 0 Å². The molecule has 0 aliphatic heterocycles. The summed E-state index contributed by atoms with van der Waals surface area (Å²) >= 11 is 0. The van der Waals surface area contributed by atoms with E-state index in [0.717, 1.165) is 4.31 Å². The molecule has 0 fully saturated rings. The van der Waals surface area contributed by atoms with E-state index in [1.807, 2.05) is 0 Å². The maximum Gasteiger partial charge on any atom is 0.269 e. The van der Waals surface area contributed by atoms with Crippen molar-refractivity contribution in [3.63, 3.8) is 0 Å². The standard InChI is InChI=1S/C10H17N5O3S/c1-15(2)19(17,18)6-5-12-10(16)9-4-3-8(14-11)7-13-9/h3-4,7,14H,5-6,11H2,1-2H3,(H,12,16). The van der Waals surface area contributed by atoms with Gasteiger partial charge < -0.3 is 10.7 Å². The Labute approximate surface area is 112 Å². The molecule has 9 heteroatoms. The summed E-state index contributed by atoms with van der Waals surface area (Å²) in [5, 5.41) is 2.49. The monoisotopic (exact) mass is 287 g/mol. The van der Waals surface area contributed by atoms with E-state index in [0.29, 0.717) is 5.69 Å². The molecule has 0 aromatic carbocycles. The summed E-state index contributed by atoms with van der Waals surface area (Å²) in [5.41, 5.74) is 3.16. The van der Waals surface area contributed by atoms with Crippen LogP contribution in [-0.4, -0.2) is 50.0 Å². The second-order valence-corrected chi connectivity index (χ2v) is 6.23. The van der Waals surface area contributed by atoms with E-state index in [-0.39, 0.29) is 18.0 Å². The molecule has 8 nitrogen and oxygen atoms in total. The van der Waals surface area contributed by atoms with Gasteiger partial charge in [-0.1, -0.05) is 0 Å². The molecule has 1 aromatic rings. The number of hydrazine groups is 1. The molecular formula is C10H17N5O3S. The van der Waals surface area contributed by atoms with Crippen LogP contribution in [0.2, 0.25) is 0 Å². The highest BCUT2D eigenvalue weighted by molar-refractivity contribution is 7.89. The van der Waals surface area contributed by atoms with Crippen LogP contribution in [0, 0.1) is 0 Å². The molecule has 0 saturated carbocycles. The lowest BCUT2D eigenvalue weighted by Crippen LogP contribution is -2.34. The molecule has 0 unspecified atom stereocenters. The normalized spacial score (nSPS) is 11.4. The summed E-state index contributed by atoms with van der Waals surface area (Å²) in [7, 11) is -0.432. The van der Waals surface area contributed by atoms with E-state index in [9.17, 15) is 13.2 Å². The Hall–Kier alpha value is -1.71. The number of amides is 1. The van der Waals surface area contributed by atoms with Crippen LogP contribution in [0.1, 0.15) is 10.5 Å². The molecule has 106 valence electrons. The van der Waals surface area contributed by atoms with E-state index >= 15 is 0 Å². The maximum atomic E-state index is 11.7. The molecule has 0 bridgehead atoms. The van der Waals surface area contributed by atoms with Crippen LogP contribution in [0.3, 0.4) is 0 Å². The van der Waals surface area contributed by atoms with Crippen LogP contribution in [0.4, 0.5) is 5.69 Å². The van der Waals surface area contributed by atoms with E-state index in [2.05, 4.69) is 15.7 Å². The second kappa shape index (κ2) is 6.45. The van der Waals surface area contributed by atoms with Crippen molar-refractivity contribution in [1.82, 2.24) is 14.6 Å². The highest BCUT2D eigenvalue weighted by Gasteiger charge is 2.14. The van der Waals surface area contributed by atoms with E-state index in [1.165, 1.54) is 26.4 Å². The highest BCUT2D eigenvalue weighted by Crippen LogP contribution is 2.03. The molecule has 19 heavy (non-hydrogen) atoms. The second-order valence-electron chi connectivity index (χ2n) is 3.93. The lowest BCUT2D eigenvalue weighted by molar-refractivity contribution is 0.0951. The third kappa shape index (κ3) is 4.47. The van der Waals surface area contributed by atoms with Gasteiger partial charge in [0.2, 0.25) is 10.0 Å². The number of hydrogen-bond acceptors (Lipinski definition) is 6. The molecule has 1 heterocycles. The van der Waals surface area contributed by atoms with E-state index in [4.69, 9.17) is 5.84 Å². The Bertz CT molecular complexity index is 527. The van der Waals surface area contributed by atoms with Gasteiger partial charge in [-0.25, -0.2) is 17.7 Å². The van der Waals surface area contributed by atoms with Crippen LogP contribution in [0.5, 0.6) is 0 Å². The molecule has 1 amide bonds. The number of nitrogens with one attached hydrogen (secondary N) is 2. The topological polar surface area (TPSA) is 117 Å². The van der Waals surface area contributed by atoms with Crippen LogP contribution < -0.4 is 16.6 Å². The minimum absolute atomic E-state index is 0.0257. The Morgan fingerprint density at radius 1 is 1.42 bits per heavy atom. The highest BCUT2D eigenvalue weighted by atomic mass is 32.2. The number of carbonyl (C=O) groups excluding carboxylic acids is 1. The fraction of sp³-hybridized carbons (Fsp3) is 0.400. The maximum absolute atomic E-state index is 11.7. The first-order chi connectivity index (χ1) is 8.86. The van der Waals surface area contributed by atoms with Gasteiger partial charge in [-0.2, -0.15) is 0 Å². The number of sulfonamides is 1. The average molecular weight is 287 g/mol. The predicted molar refractivity (Wildman–Crippen MR) is 71.9 cm³/mol. The van der Waals surface area contributed by atoms with Crippen LogP contribution in [-0.2, 0) is 10.0 Å². The molecular weight excluding hydrogens is 270 g/mol. The van der Waals surface area contributed by atoms with Gasteiger partial charge in [0.05, 0.1) is 17.6 Å². The number of hydrogen-bond donors (Lipinski definition) is 3. The first kappa shape index (κ1) is 15.3. The largest absolute Gasteiger partial charge is 0.350 e. The van der Waals surface area contributed by atoms with Crippen molar-refractivity contribution in [1.29, 1.82) is 0 Å². The smallest absolute Gasteiger partial charge is 0.269 e. The van der Waals surface area contributed by atoms with Gasteiger partial charge in [0.1, 0.15) is 5.69 Å². The summed E-state index contributed by atoms with van der Waals surface area (Å²) in [5.74, 6) is 4.58. The summed E-state index contributed by atoms with van der Waals surface area (Å²) in [6.45, 7) is 0.0257. The summed E-state index contributed by atoms with van der Waals surface area (Å²) in [6, 6.07) is 3.09. The van der Waals surface area contributed by atoms with Gasteiger partial charge in [-0.15, -0.1) is 0 Å². The van der Waals surface area contributed by atoms with Crippen LogP contribution in [0.25, 0.3) is 0 Å². The van der Waals surface area contributed by atoms with Crippen molar-refractivity contribution in [3.05, 3.63) is 24.0 Å². The van der Waals surface area contributed by atoms with Gasteiger partial charge in [0.15, 0.2) is 0 Å². The Balaban J connectivity index is 2.52. The minimum Gasteiger partial charge on any atom is -0.350 e. The molecule has 0 spiro atoms. The molecule has 0 saturated heterocycles. The van der Waals surface area contributed by atoms with Crippen molar-refractivity contribution in [3.8, 4) is 0 Å². The predicted octanol–water partition coefficient (Wildman–Crippen LogP) is -1.01. The van der Waals surface area contributed by atoms with Crippen LogP contribution in [0.15, 0.2) is 18.3 Å². The zero-order chi connectivity index (χ0) is 14.5. The zero-order valence-corrected chi connectivity index (χ0v) is 11.6. The lowest BCUT2D eigenvalue weighted by atomic mass is 10.3. The number of nitrogens with two attached hydrogens (primary N) is 1.